The molecule has 0 aliphatic heterocycles. The van der Waals surface area contributed by atoms with Gasteiger partial charge in [0.15, 0.2) is 0 Å². The van der Waals surface area contributed by atoms with Crippen molar-refractivity contribution in [3.05, 3.63) is 47.4 Å². The molecular formula is C14H16ClN3O. The summed E-state index contributed by atoms with van der Waals surface area (Å²) in [5, 5.41) is 3.88. The van der Waals surface area contributed by atoms with Gasteiger partial charge in [0.2, 0.25) is 5.88 Å². The first kappa shape index (κ1) is 13.8. The van der Waals surface area contributed by atoms with Crippen LogP contribution in [-0.4, -0.2) is 16.5 Å². The van der Waals surface area contributed by atoms with Crippen molar-refractivity contribution in [2.75, 3.05) is 6.54 Å². The summed E-state index contributed by atoms with van der Waals surface area (Å²) in [6.07, 6.45) is 4.90. The number of ether oxygens (including phenoxy) is 1. The third-order valence-electron chi connectivity index (χ3n) is 2.67. The van der Waals surface area contributed by atoms with E-state index in [0.29, 0.717) is 16.7 Å². The van der Waals surface area contributed by atoms with Crippen LogP contribution in [0.5, 0.6) is 11.6 Å². The van der Waals surface area contributed by atoms with Gasteiger partial charge >= 0.3 is 0 Å². The van der Waals surface area contributed by atoms with Gasteiger partial charge in [0, 0.05) is 30.6 Å². The van der Waals surface area contributed by atoms with Gasteiger partial charge in [-0.2, -0.15) is 0 Å². The molecule has 0 spiro atoms. The van der Waals surface area contributed by atoms with Crippen molar-refractivity contribution in [3.8, 4) is 11.6 Å². The summed E-state index contributed by atoms with van der Waals surface area (Å²) in [5.74, 6) is 1.11. The number of nitrogens with zero attached hydrogens (tertiary/aromatic N) is 2. The molecular weight excluding hydrogens is 262 g/mol. The highest BCUT2D eigenvalue weighted by Gasteiger charge is 2.06. The van der Waals surface area contributed by atoms with Crippen LogP contribution in [0.25, 0.3) is 0 Å². The highest BCUT2D eigenvalue weighted by Crippen LogP contribution is 2.23. The molecule has 2 heterocycles. The molecule has 100 valence electrons. The summed E-state index contributed by atoms with van der Waals surface area (Å²) >= 11 is 5.86. The average molecular weight is 278 g/mol. The van der Waals surface area contributed by atoms with Crippen molar-refractivity contribution in [2.45, 2.75) is 19.9 Å². The number of aromatic nitrogens is 2. The van der Waals surface area contributed by atoms with Crippen molar-refractivity contribution >= 4 is 11.6 Å². The Kier molecular flexibility index (Phi) is 4.71. The number of hydrogen-bond donors (Lipinski definition) is 1. The molecule has 0 saturated heterocycles. The van der Waals surface area contributed by atoms with Crippen LogP contribution in [0.4, 0.5) is 0 Å². The van der Waals surface area contributed by atoms with Gasteiger partial charge in [0.25, 0.3) is 0 Å². The standard InChI is InChI=1S/C14H16ClN3O/c1-3-17-10(2)11-4-5-18-14(6-11)19-13-7-12(15)8-16-9-13/h4-10,17H,3H2,1-2H3. The smallest absolute Gasteiger partial charge is 0.219 e. The Morgan fingerprint density at radius 1 is 1.37 bits per heavy atom. The molecule has 0 amide bonds. The first-order valence-corrected chi connectivity index (χ1v) is 6.54. The SMILES string of the molecule is CCNC(C)c1ccnc(Oc2cncc(Cl)c2)c1. The minimum atomic E-state index is 0.257. The Labute approximate surface area is 117 Å². The zero-order valence-corrected chi connectivity index (χ0v) is 11.7. The molecule has 0 aromatic carbocycles. The maximum absolute atomic E-state index is 5.86. The molecule has 2 rings (SSSR count). The van der Waals surface area contributed by atoms with Crippen LogP contribution in [-0.2, 0) is 0 Å². The average Bonchev–Trinajstić information content (AvgIpc) is 2.39. The van der Waals surface area contributed by atoms with Crippen LogP contribution in [0.1, 0.15) is 25.5 Å². The first-order valence-electron chi connectivity index (χ1n) is 6.16. The van der Waals surface area contributed by atoms with E-state index < -0.39 is 0 Å². The second kappa shape index (κ2) is 6.50. The van der Waals surface area contributed by atoms with Gasteiger partial charge in [-0.3, -0.25) is 4.98 Å². The molecule has 1 atom stereocenters. The molecule has 19 heavy (non-hydrogen) atoms. The van der Waals surface area contributed by atoms with Crippen LogP contribution in [0.15, 0.2) is 36.8 Å². The summed E-state index contributed by atoms with van der Waals surface area (Å²) in [5.41, 5.74) is 1.13. The van der Waals surface area contributed by atoms with E-state index in [1.54, 1.807) is 24.7 Å². The van der Waals surface area contributed by atoms with E-state index in [0.717, 1.165) is 12.1 Å². The Balaban J connectivity index is 2.15. The minimum Gasteiger partial charge on any atom is -0.437 e. The number of halogens is 1. The Morgan fingerprint density at radius 2 is 2.21 bits per heavy atom. The van der Waals surface area contributed by atoms with E-state index in [1.807, 2.05) is 12.1 Å². The molecule has 1 N–H and O–H groups in total. The predicted molar refractivity (Wildman–Crippen MR) is 75.6 cm³/mol. The number of pyridine rings is 2. The second-order valence-electron chi connectivity index (χ2n) is 4.15. The minimum absolute atomic E-state index is 0.257. The van der Waals surface area contributed by atoms with Gasteiger partial charge in [-0.15, -0.1) is 0 Å². The summed E-state index contributed by atoms with van der Waals surface area (Å²) in [6.45, 7) is 5.09. The lowest BCUT2D eigenvalue weighted by Gasteiger charge is -2.13. The van der Waals surface area contributed by atoms with Gasteiger partial charge < -0.3 is 10.1 Å². The van der Waals surface area contributed by atoms with Crippen LogP contribution in [0, 0.1) is 0 Å². The third-order valence-corrected chi connectivity index (χ3v) is 2.88. The molecule has 0 radical (unpaired) electrons. The van der Waals surface area contributed by atoms with Crippen LogP contribution in [0.3, 0.4) is 0 Å². The number of nitrogens with one attached hydrogen (secondary N) is 1. The van der Waals surface area contributed by atoms with Crippen LogP contribution in [0.2, 0.25) is 5.02 Å². The molecule has 0 bridgehead atoms. The monoisotopic (exact) mass is 277 g/mol. The molecule has 0 aliphatic rings. The number of rotatable bonds is 5. The highest BCUT2D eigenvalue weighted by molar-refractivity contribution is 6.30. The molecule has 2 aromatic heterocycles. The van der Waals surface area contributed by atoms with Crippen LogP contribution < -0.4 is 10.1 Å². The van der Waals surface area contributed by atoms with Crippen molar-refractivity contribution in [3.63, 3.8) is 0 Å². The van der Waals surface area contributed by atoms with E-state index in [4.69, 9.17) is 16.3 Å². The van der Waals surface area contributed by atoms with Gasteiger partial charge in [0.05, 0.1) is 11.2 Å². The Bertz CT molecular complexity index is 548. The first-order chi connectivity index (χ1) is 9.19. The van der Waals surface area contributed by atoms with Gasteiger partial charge in [-0.25, -0.2) is 4.98 Å². The topological polar surface area (TPSA) is 47.0 Å². The fraction of sp³-hybridized carbons (Fsp3) is 0.286. The summed E-state index contributed by atoms with van der Waals surface area (Å²) in [7, 11) is 0. The molecule has 2 aromatic rings. The fourth-order valence-corrected chi connectivity index (χ4v) is 1.91. The lowest BCUT2D eigenvalue weighted by atomic mass is 10.1. The molecule has 0 fully saturated rings. The van der Waals surface area contributed by atoms with E-state index in [9.17, 15) is 0 Å². The molecule has 5 heteroatoms. The van der Waals surface area contributed by atoms with Crippen molar-refractivity contribution in [2.24, 2.45) is 0 Å². The van der Waals surface area contributed by atoms with Crippen molar-refractivity contribution in [1.82, 2.24) is 15.3 Å². The summed E-state index contributed by atoms with van der Waals surface area (Å²) in [6, 6.07) is 5.84. The maximum atomic E-state index is 5.86. The molecule has 0 aliphatic carbocycles. The second-order valence-corrected chi connectivity index (χ2v) is 4.58. The molecule has 1 unspecified atom stereocenters. The van der Waals surface area contributed by atoms with Crippen LogP contribution >= 0.6 is 11.6 Å². The largest absolute Gasteiger partial charge is 0.437 e. The molecule has 0 saturated carbocycles. The van der Waals surface area contributed by atoms with Gasteiger partial charge in [-0.05, 0) is 25.1 Å². The van der Waals surface area contributed by atoms with Crippen molar-refractivity contribution < 1.29 is 4.74 Å². The number of hydrogen-bond acceptors (Lipinski definition) is 4. The zero-order chi connectivity index (χ0) is 13.7. The van der Waals surface area contributed by atoms with E-state index in [-0.39, 0.29) is 6.04 Å². The van der Waals surface area contributed by atoms with E-state index >= 15 is 0 Å². The molecule has 4 nitrogen and oxygen atoms in total. The zero-order valence-electron chi connectivity index (χ0n) is 10.9. The van der Waals surface area contributed by atoms with E-state index in [2.05, 4.69) is 29.1 Å². The Morgan fingerprint density at radius 3 is 2.95 bits per heavy atom. The predicted octanol–water partition coefficient (Wildman–Crippen LogP) is 3.59. The highest BCUT2D eigenvalue weighted by atomic mass is 35.5. The Hall–Kier alpha value is -1.65. The maximum Gasteiger partial charge on any atom is 0.219 e. The van der Waals surface area contributed by atoms with Gasteiger partial charge in [-0.1, -0.05) is 18.5 Å². The summed E-state index contributed by atoms with van der Waals surface area (Å²) < 4.78 is 5.64. The normalized spacial score (nSPS) is 12.2. The van der Waals surface area contributed by atoms with Crippen molar-refractivity contribution in [1.29, 1.82) is 0 Å². The van der Waals surface area contributed by atoms with Gasteiger partial charge in [0.1, 0.15) is 5.75 Å². The summed E-state index contributed by atoms with van der Waals surface area (Å²) in [4.78, 5) is 8.16. The quantitative estimate of drug-likeness (QED) is 0.907. The lowest BCUT2D eigenvalue weighted by molar-refractivity contribution is 0.458. The third kappa shape index (κ3) is 3.91. The van der Waals surface area contributed by atoms with E-state index in [1.165, 1.54) is 0 Å². The lowest BCUT2D eigenvalue weighted by Crippen LogP contribution is -2.17. The fourth-order valence-electron chi connectivity index (χ4n) is 1.74.